The molecule has 0 unspecified atom stereocenters. The van der Waals surface area contributed by atoms with Crippen LogP contribution >= 0.6 is 34.7 Å². The molecule has 11 atom stereocenters. The third kappa shape index (κ3) is 28.5. The van der Waals surface area contributed by atoms with Gasteiger partial charge in [0.1, 0.15) is 84.5 Å². The highest BCUT2D eigenvalue weighted by atomic mass is 35.5. The van der Waals surface area contributed by atoms with Crippen LogP contribution in [0.3, 0.4) is 0 Å². The first kappa shape index (κ1) is 99.8. The highest BCUT2D eigenvalue weighted by molar-refractivity contribution is 8.00. The Bertz CT molecular complexity index is 5200. The molecule has 688 valence electrons. The Balaban J connectivity index is 1.12. The number of carboxylic acids is 1. The first-order chi connectivity index (χ1) is 61.4. The molecule has 14 N–H and O–H groups in total. The molecular weight excluding hydrogens is 1720 g/mol. The van der Waals surface area contributed by atoms with E-state index in [9.17, 15) is 53.7 Å². The van der Waals surface area contributed by atoms with Crippen molar-refractivity contribution in [2.24, 2.45) is 17.6 Å². The number of nitrogens with zero attached hydrogens (tertiary/aromatic N) is 5. The number of primary amides is 1. The number of halogens is 1. The number of carbonyl (C=O) groups excluding carboxylic acids is 15. The van der Waals surface area contributed by atoms with E-state index in [0.29, 0.717) is 56.6 Å². The number of hydrogen-bond donors (Lipinski definition) is 13. The number of anilines is 1. The van der Waals surface area contributed by atoms with Crippen LogP contribution in [-0.4, -0.2) is 255 Å². The lowest BCUT2D eigenvalue weighted by Crippen LogP contribution is -2.62. The highest BCUT2D eigenvalue weighted by Crippen LogP contribution is 2.33. The van der Waals surface area contributed by atoms with E-state index < -0.39 is 205 Å². The number of hydrogen-bond acceptors (Lipinski definition) is 20. The van der Waals surface area contributed by atoms with Gasteiger partial charge < -0.3 is 93.4 Å². The zero-order chi connectivity index (χ0) is 94.0. The lowest BCUT2D eigenvalue weighted by molar-refractivity contribution is -0.151. The standard InChI is InChI=1S/C92H112ClN15O19S2/c1-10-11-25-71-90(125)104(6)47-77(112)97-67(45-80(115)116)86(121)103-81(53(4)5)92(127)106(8)73(40-54-20-14-12-15-21-54)87(122)101-69-42-58-31-36-62(110)44-72(58)108(89(69)124)48-78(113)96-66(43-59-49-129-75-26-19-18-24-63(59)75)85(120)100-65(38-57-29-34-61(109)35-30-57)84(119)99-64(37-52(2)3)83(118)102-70(82(117)95-46-76(94)111)50-128-51-79(114)98-68(39-56-27-32-60(93)33-28-56)88(123)107(9)74(91(126)105(71)7)41-55-22-16-13-17-23-55/h12-24,26-36,44,49,52-53,64-71,73-74,81,109-110H,10-11,25,37-43,45-48,50-51H2,1-9H3,(H2,94,111)(H,95,117)(H,96,113)(H,97,112)(H,98,114)(H,99,119)(H,100,120)(H,101,122)(H,102,118)(H,103,121)(H,115,116)/t64-,65-,66-,67-,68-,69-,70-,71-,73-,74-,81-/m0/s1. The number of benzene rings is 6. The molecule has 1 aromatic heterocycles. The number of phenols is 2. The Morgan fingerprint density at radius 2 is 1.06 bits per heavy atom. The zero-order valence-corrected chi connectivity index (χ0v) is 75.6. The monoisotopic (exact) mass is 1830 g/mol. The maximum atomic E-state index is 15.5. The van der Waals surface area contributed by atoms with Gasteiger partial charge in [0.05, 0.1) is 31.0 Å². The fraction of sp³-hybridized carbons (Fsp3) is 0.413. The fourth-order valence-corrected chi connectivity index (χ4v) is 17.2. The lowest BCUT2D eigenvalue weighted by Gasteiger charge is -2.37. The number of thioether (sulfide) groups is 1. The molecule has 7 aromatic rings. The number of carboxylic acid groups (broad SMARTS) is 1. The molecular formula is C92H112ClN15O19S2. The van der Waals surface area contributed by atoms with E-state index in [2.05, 4.69) is 47.9 Å². The Morgan fingerprint density at radius 3 is 1.68 bits per heavy atom. The minimum atomic E-state index is -1.91. The van der Waals surface area contributed by atoms with Crippen LogP contribution in [0.1, 0.15) is 100 Å². The van der Waals surface area contributed by atoms with Crippen LogP contribution in [0.15, 0.2) is 157 Å². The predicted octanol–water partition coefficient (Wildman–Crippen LogP) is 3.60. The van der Waals surface area contributed by atoms with Crippen molar-refractivity contribution in [1.29, 1.82) is 0 Å². The van der Waals surface area contributed by atoms with E-state index >= 15 is 38.4 Å². The van der Waals surface area contributed by atoms with Crippen molar-refractivity contribution in [1.82, 2.24) is 67.5 Å². The van der Waals surface area contributed by atoms with E-state index in [4.69, 9.17) is 17.3 Å². The largest absolute Gasteiger partial charge is 0.508 e. The van der Waals surface area contributed by atoms with Gasteiger partial charge in [0.25, 0.3) is 0 Å². The summed E-state index contributed by atoms with van der Waals surface area (Å²) in [4.78, 5) is 241. The number of thiophene rings is 1. The average Bonchev–Trinajstić information content (AvgIpc) is 1.17. The van der Waals surface area contributed by atoms with Gasteiger partial charge in [0, 0.05) is 88.3 Å². The summed E-state index contributed by atoms with van der Waals surface area (Å²) in [5.41, 5.74) is 8.42. The summed E-state index contributed by atoms with van der Waals surface area (Å²) in [6.45, 7) is 6.08. The number of fused-ring (bicyclic) bond motifs is 5. The van der Waals surface area contributed by atoms with Crippen LogP contribution in [0, 0.1) is 11.8 Å². The van der Waals surface area contributed by atoms with Crippen molar-refractivity contribution in [3.05, 3.63) is 195 Å². The number of rotatable bonds is 21. The molecule has 3 heterocycles. The van der Waals surface area contributed by atoms with Gasteiger partial charge in [-0.15, -0.1) is 23.1 Å². The Hall–Kier alpha value is -13.0. The molecule has 0 radical (unpaired) electrons. The van der Waals surface area contributed by atoms with Crippen LogP contribution in [0.5, 0.6) is 11.5 Å². The number of aromatic hydroxyl groups is 2. The second-order valence-corrected chi connectivity index (χ2v) is 35.4. The maximum absolute atomic E-state index is 15.5. The number of nitrogens with one attached hydrogen (secondary N) is 9. The molecule has 34 nitrogen and oxygen atoms in total. The molecule has 15 amide bonds. The van der Waals surface area contributed by atoms with Crippen molar-refractivity contribution in [3.8, 4) is 11.5 Å². The van der Waals surface area contributed by atoms with Crippen LogP contribution in [-0.2, 0) is 115 Å². The summed E-state index contributed by atoms with van der Waals surface area (Å²) in [5.74, 6) is -17.8. The van der Waals surface area contributed by atoms with Gasteiger partial charge in [0.2, 0.25) is 88.6 Å². The SMILES string of the molecule is CCCC[C@H]1C(=O)N(C)CC(=O)N[C@@H](CC(=O)O)C(=O)N[C@@H](C(C)C)C(=O)N(C)[C@@H](Cc2ccccc2)C(=O)N[C@H]2Cc3ccc(O)cc3N(CC(=O)N[C@@H](Cc3csc4ccccc34)C(=O)N[C@@H](Cc3ccc(O)cc3)C(=O)N[C@@H](CC(C)C)C(=O)N[C@H](C(=O)NCC(N)=O)CSCC(=O)N[C@@H](Cc3ccc(Cl)cc3)C(=O)N(C)[C@@H](Cc3ccccc3)C(=O)N1C)C2=O. The van der Waals surface area contributed by atoms with E-state index in [0.717, 1.165) is 41.0 Å². The van der Waals surface area contributed by atoms with Gasteiger partial charge in [0.15, 0.2) is 0 Å². The van der Waals surface area contributed by atoms with Crippen molar-refractivity contribution < 1.29 is 92.0 Å². The second kappa shape index (κ2) is 47.2. The third-order valence-electron chi connectivity index (χ3n) is 22.2. The molecule has 1 saturated heterocycles. The summed E-state index contributed by atoms with van der Waals surface area (Å²) in [7, 11) is 5.25. The highest BCUT2D eigenvalue weighted by Gasteiger charge is 2.44. The zero-order valence-electron chi connectivity index (χ0n) is 73.2. The number of nitrogens with two attached hydrogens (primary N) is 1. The minimum absolute atomic E-state index is 0.0216. The topological polar surface area (TPSA) is 484 Å². The van der Waals surface area contributed by atoms with Crippen molar-refractivity contribution in [2.45, 2.75) is 172 Å². The fourth-order valence-electron chi connectivity index (χ4n) is 15.2. The van der Waals surface area contributed by atoms with Crippen molar-refractivity contribution in [2.75, 3.05) is 64.2 Å². The summed E-state index contributed by atoms with van der Waals surface area (Å²) >= 11 is 8.48. The summed E-state index contributed by atoms with van der Waals surface area (Å²) < 4.78 is 0.809. The van der Waals surface area contributed by atoms with Crippen molar-refractivity contribution in [3.63, 3.8) is 0 Å². The average molecular weight is 1830 g/mol. The number of aliphatic carboxylic acids is 1. The first-order valence-corrected chi connectivity index (χ1v) is 44.8. The number of amides is 15. The van der Waals surface area contributed by atoms with Crippen LogP contribution in [0.4, 0.5) is 5.69 Å². The lowest BCUT2D eigenvalue weighted by atomic mass is 9.95. The smallest absolute Gasteiger partial charge is 0.305 e. The van der Waals surface area contributed by atoms with Crippen LogP contribution in [0.2, 0.25) is 5.02 Å². The molecule has 2 bridgehead atoms. The number of likely N-dealkylation sites (N-methyl/N-ethyl adjacent to an activating group) is 4. The van der Waals surface area contributed by atoms with Crippen LogP contribution in [0.25, 0.3) is 10.1 Å². The summed E-state index contributed by atoms with van der Waals surface area (Å²) in [6.07, 6.45) is -1.55. The second-order valence-electron chi connectivity index (χ2n) is 33.0. The quantitative estimate of drug-likeness (QED) is 0.0489. The van der Waals surface area contributed by atoms with Gasteiger partial charge in [-0.25, -0.2) is 0 Å². The Labute approximate surface area is 760 Å². The van der Waals surface area contributed by atoms with Gasteiger partial charge in [-0.3, -0.25) is 76.7 Å². The number of phenolic OH excluding ortho intramolecular Hbond substituents is 2. The molecule has 37 heteroatoms. The first-order valence-electron chi connectivity index (χ1n) is 42.4. The molecule has 9 rings (SSSR count). The molecule has 2 aliphatic rings. The summed E-state index contributed by atoms with van der Waals surface area (Å²) in [6, 6.07) is 23.5. The van der Waals surface area contributed by atoms with Gasteiger partial charge in [-0.05, 0) is 105 Å². The van der Waals surface area contributed by atoms with E-state index in [1.807, 2.05) is 19.1 Å². The summed E-state index contributed by atoms with van der Waals surface area (Å²) in [5, 5.41) is 58.4. The minimum Gasteiger partial charge on any atom is -0.508 e. The van der Waals surface area contributed by atoms with Gasteiger partial charge in [-0.1, -0.05) is 168 Å². The third-order valence-corrected chi connectivity index (χ3v) is 24.5. The molecule has 0 aliphatic carbocycles. The predicted molar refractivity (Wildman–Crippen MR) is 485 cm³/mol. The van der Waals surface area contributed by atoms with E-state index in [-0.39, 0.29) is 74.5 Å². The Morgan fingerprint density at radius 1 is 0.527 bits per heavy atom. The van der Waals surface area contributed by atoms with E-state index in [1.54, 1.807) is 130 Å². The maximum Gasteiger partial charge on any atom is 0.305 e. The molecule has 2 aliphatic heterocycles. The number of unbranched alkanes of at least 4 members (excludes halogenated alkanes) is 1. The van der Waals surface area contributed by atoms with Crippen molar-refractivity contribution >= 4 is 145 Å². The van der Waals surface area contributed by atoms with Crippen LogP contribution < -0.4 is 58.5 Å². The van der Waals surface area contributed by atoms with E-state index in [1.165, 1.54) is 82.0 Å². The molecule has 6 aromatic carbocycles. The molecule has 0 spiro atoms. The van der Waals surface area contributed by atoms with Gasteiger partial charge in [-0.2, -0.15) is 0 Å². The normalized spacial score (nSPS) is 22.2. The van der Waals surface area contributed by atoms with Gasteiger partial charge >= 0.3 is 5.97 Å². The molecule has 0 saturated carbocycles. The molecule has 129 heavy (non-hydrogen) atoms. The number of carbonyl (C=O) groups is 16. The molecule has 1 fully saturated rings. The Kier molecular flexibility index (Phi) is 36.5.